The van der Waals surface area contributed by atoms with E-state index in [-0.39, 0.29) is 0 Å². The molecule has 0 atom stereocenters. The number of para-hydroxylation sites is 1. The molecule has 2 aromatic carbocycles. The highest BCUT2D eigenvalue weighted by Crippen LogP contribution is 2.30. The van der Waals surface area contributed by atoms with E-state index in [9.17, 15) is 0 Å². The van der Waals surface area contributed by atoms with E-state index in [0.717, 1.165) is 34.1 Å². The first-order valence-corrected chi connectivity index (χ1v) is 8.53. The van der Waals surface area contributed by atoms with Crippen LogP contribution in [-0.4, -0.2) is 36.2 Å². The largest absolute Gasteiger partial charge is 0.320 e. The fourth-order valence-electron chi connectivity index (χ4n) is 2.93. The molecule has 2 aliphatic rings. The van der Waals surface area contributed by atoms with Gasteiger partial charge in [0.2, 0.25) is 0 Å². The molecule has 0 aliphatic carbocycles. The first-order valence-electron chi connectivity index (χ1n) is 7.62. The van der Waals surface area contributed by atoms with Crippen LogP contribution in [0.1, 0.15) is 11.1 Å². The third-order valence-corrected chi connectivity index (χ3v) is 4.71. The second kappa shape index (κ2) is 6.38. The lowest BCUT2D eigenvalue weighted by Gasteiger charge is -2.27. The molecule has 0 N–H and O–H groups in total. The molecule has 0 aromatic heterocycles. The van der Waals surface area contributed by atoms with Crippen LogP contribution in [0.15, 0.2) is 63.7 Å². The lowest BCUT2D eigenvalue weighted by atomic mass is 10.00. The monoisotopic (exact) mass is 356 g/mol. The maximum absolute atomic E-state index is 6.41. The number of nitrogens with zero attached hydrogens (tertiary/aromatic N) is 4. The zero-order valence-corrected chi connectivity index (χ0v) is 14.3. The van der Waals surface area contributed by atoms with Gasteiger partial charge in [0.1, 0.15) is 0 Å². The minimum absolute atomic E-state index is 0.369. The molecule has 0 amide bonds. The number of amidine groups is 1. The molecule has 0 unspecified atom stereocenters. The molecule has 120 valence electrons. The third-order valence-electron chi connectivity index (χ3n) is 4.07. The summed E-state index contributed by atoms with van der Waals surface area (Å²) in [7, 11) is 0. The van der Waals surface area contributed by atoms with Gasteiger partial charge >= 0.3 is 0 Å². The van der Waals surface area contributed by atoms with Gasteiger partial charge in [-0.05, 0) is 12.1 Å². The minimum atomic E-state index is 0.369. The van der Waals surface area contributed by atoms with Crippen molar-refractivity contribution in [2.75, 3.05) is 23.9 Å². The van der Waals surface area contributed by atoms with Crippen LogP contribution in [0, 0.1) is 0 Å². The number of fused-ring (bicyclic) bond motifs is 3. The molecule has 24 heavy (non-hydrogen) atoms. The summed E-state index contributed by atoms with van der Waals surface area (Å²) in [6.45, 7) is 1.08. The molecular formula is C18H14Cl2N4. The van der Waals surface area contributed by atoms with Crippen LogP contribution in [0.4, 0.5) is 5.69 Å². The molecule has 0 radical (unpaired) electrons. The average Bonchev–Trinajstić information content (AvgIpc) is 2.79. The Bertz CT molecular complexity index is 886. The zero-order chi connectivity index (χ0) is 16.5. The van der Waals surface area contributed by atoms with Crippen LogP contribution in [0.3, 0.4) is 0 Å². The van der Waals surface area contributed by atoms with Crippen molar-refractivity contribution in [3.8, 4) is 0 Å². The second-order valence-electron chi connectivity index (χ2n) is 5.56. The summed E-state index contributed by atoms with van der Waals surface area (Å²) in [6.07, 6.45) is 0. The average molecular weight is 357 g/mol. The molecule has 0 saturated heterocycles. The summed E-state index contributed by atoms with van der Waals surface area (Å²) >= 11 is 12.4. The van der Waals surface area contributed by atoms with Gasteiger partial charge in [0.15, 0.2) is 5.84 Å². The van der Waals surface area contributed by atoms with Gasteiger partial charge in [-0.1, -0.05) is 48.0 Å². The molecule has 2 aromatic rings. The van der Waals surface area contributed by atoms with Crippen molar-refractivity contribution in [2.24, 2.45) is 15.2 Å². The molecule has 6 heteroatoms. The van der Waals surface area contributed by atoms with E-state index >= 15 is 0 Å². The summed E-state index contributed by atoms with van der Waals surface area (Å²) in [5, 5.41) is 9.20. The van der Waals surface area contributed by atoms with Crippen LogP contribution in [0.25, 0.3) is 0 Å². The van der Waals surface area contributed by atoms with E-state index in [1.54, 1.807) is 0 Å². The topological polar surface area (TPSA) is 40.3 Å². The predicted octanol–water partition coefficient (Wildman–Crippen LogP) is 4.00. The Morgan fingerprint density at radius 2 is 1.71 bits per heavy atom. The van der Waals surface area contributed by atoms with E-state index < -0.39 is 0 Å². The normalized spacial score (nSPS) is 16.4. The second-order valence-corrected chi connectivity index (χ2v) is 6.24. The SMILES string of the molecule is ClCC1=NN=C2CN=C(c3ccccc3Cl)c3ccccc3N2C1. The van der Waals surface area contributed by atoms with Gasteiger partial charge in [-0.2, -0.15) is 5.10 Å². The standard InChI is InChI=1S/C18H14Cl2N4/c19-9-12-11-24-16-8-4-2-6-14(16)18(21-10-17(24)23-22-12)13-5-1-3-7-15(13)20/h1-8H,9-11H2. The molecule has 0 bridgehead atoms. The highest BCUT2D eigenvalue weighted by atomic mass is 35.5. The van der Waals surface area contributed by atoms with E-state index in [4.69, 9.17) is 28.2 Å². The summed E-state index contributed by atoms with van der Waals surface area (Å²) in [6, 6.07) is 15.9. The Morgan fingerprint density at radius 3 is 2.50 bits per heavy atom. The molecule has 0 saturated carbocycles. The number of hydrogen-bond donors (Lipinski definition) is 0. The summed E-state index contributed by atoms with van der Waals surface area (Å²) in [4.78, 5) is 6.92. The molecule has 0 spiro atoms. The van der Waals surface area contributed by atoms with E-state index in [1.807, 2.05) is 36.4 Å². The first kappa shape index (κ1) is 15.4. The predicted molar refractivity (Wildman–Crippen MR) is 101 cm³/mol. The first-order chi connectivity index (χ1) is 11.8. The van der Waals surface area contributed by atoms with Crippen LogP contribution < -0.4 is 4.90 Å². The van der Waals surface area contributed by atoms with Crippen molar-refractivity contribution >= 4 is 46.1 Å². The maximum atomic E-state index is 6.41. The smallest absolute Gasteiger partial charge is 0.154 e. The quantitative estimate of drug-likeness (QED) is 0.749. The van der Waals surface area contributed by atoms with Gasteiger partial charge in [-0.3, -0.25) is 4.99 Å². The lowest BCUT2D eigenvalue weighted by Crippen LogP contribution is -2.40. The Labute approximate surface area is 150 Å². The fraction of sp³-hybridized carbons (Fsp3) is 0.167. The molecule has 2 aliphatic heterocycles. The van der Waals surface area contributed by atoms with Crippen LogP contribution in [0.5, 0.6) is 0 Å². The van der Waals surface area contributed by atoms with E-state index in [0.29, 0.717) is 24.0 Å². The number of alkyl halides is 1. The Morgan fingerprint density at radius 1 is 0.958 bits per heavy atom. The van der Waals surface area contributed by atoms with Crippen LogP contribution in [0.2, 0.25) is 5.02 Å². The van der Waals surface area contributed by atoms with Gasteiger partial charge in [-0.25, -0.2) is 0 Å². The third kappa shape index (κ3) is 2.62. The van der Waals surface area contributed by atoms with Crippen molar-refractivity contribution in [1.29, 1.82) is 0 Å². The van der Waals surface area contributed by atoms with E-state index in [1.165, 1.54) is 0 Å². The number of halogens is 2. The lowest BCUT2D eigenvalue weighted by molar-refractivity contribution is 1.03. The van der Waals surface area contributed by atoms with Crippen molar-refractivity contribution in [2.45, 2.75) is 0 Å². The molecular weight excluding hydrogens is 343 g/mol. The van der Waals surface area contributed by atoms with Crippen LogP contribution in [-0.2, 0) is 0 Å². The maximum Gasteiger partial charge on any atom is 0.154 e. The summed E-state index contributed by atoms with van der Waals surface area (Å²) in [5.74, 6) is 1.19. The molecule has 0 fully saturated rings. The summed E-state index contributed by atoms with van der Waals surface area (Å²) < 4.78 is 0. The van der Waals surface area contributed by atoms with Gasteiger partial charge in [0.25, 0.3) is 0 Å². The van der Waals surface area contributed by atoms with Crippen molar-refractivity contribution in [1.82, 2.24) is 0 Å². The number of hydrogen-bond acceptors (Lipinski definition) is 4. The Hall–Kier alpha value is -2.17. The van der Waals surface area contributed by atoms with Crippen molar-refractivity contribution in [3.63, 3.8) is 0 Å². The highest BCUT2D eigenvalue weighted by molar-refractivity contribution is 6.36. The fourth-order valence-corrected chi connectivity index (χ4v) is 3.29. The van der Waals surface area contributed by atoms with Gasteiger partial charge in [-0.15, -0.1) is 16.7 Å². The van der Waals surface area contributed by atoms with Crippen molar-refractivity contribution < 1.29 is 0 Å². The van der Waals surface area contributed by atoms with Gasteiger partial charge in [0, 0.05) is 16.1 Å². The number of rotatable bonds is 2. The van der Waals surface area contributed by atoms with Gasteiger partial charge < -0.3 is 4.90 Å². The Balaban J connectivity index is 1.88. The molecule has 2 heterocycles. The van der Waals surface area contributed by atoms with Crippen LogP contribution >= 0.6 is 23.2 Å². The minimum Gasteiger partial charge on any atom is -0.320 e. The Kier molecular flexibility index (Phi) is 4.08. The highest BCUT2D eigenvalue weighted by Gasteiger charge is 2.27. The number of aliphatic imine (C=N–C) groups is 1. The van der Waals surface area contributed by atoms with Crippen molar-refractivity contribution in [3.05, 3.63) is 64.7 Å². The zero-order valence-electron chi connectivity index (χ0n) is 12.8. The number of benzene rings is 2. The summed E-state index contributed by atoms with van der Waals surface area (Å²) in [5.41, 5.74) is 4.72. The molecule has 4 nitrogen and oxygen atoms in total. The van der Waals surface area contributed by atoms with E-state index in [2.05, 4.69) is 27.2 Å². The number of anilines is 1. The van der Waals surface area contributed by atoms with Gasteiger partial charge in [0.05, 0.1) is 36.1 Å². The molecule has 4 rings (SSSR count).